The molecule has 6 heteroatoms. The van der Waals surface area contributed by atoms with Crippen LogP contribution in [0.2, 0.25) is 0 Å². The van der Waals surface area contributed by atoms with Gasteiger partial charge in [-0.25, -0.2) is 0 Å². The number of carbonyl (C=O) groups excluding carboxylic acids is 3. The van der Waals surface area contributed by atoms with Gasteiger partial charge in [0.05, 0.1) is 0 Å². The van der Waals surface area contributed by atoms with Crippen molar-refractivity contribution in [3.8, 4) is 11.1 Å². The van der Waals surface area contributed by atoms with Gasteiger partial charge in [0.15, 0.2) is 5.78 Å². The van der Waals surface area contributed by atoms with Gasteiger partial charge in [-0.1, -0.05) is 30.3 Å². The molecule has 3 aromatic carbocycles. The number of anilines is 1. The molecule has 2 amide bonds. The van der Waals surface area contributed by atoms with Crippen LogP contribution in [0.3, 0.4) is 0 Å². The zero-order chi connectivity index (χ0) is 20.5. The van der Waals surface area contributed by atoms with E-state index in [9.17, 15) is 14.4 Å². The average Bonchev–Trinajstić information content (AvgIpc) is 3.01. The highest BCUT2D eigenvalue weighted by Crippen LogP contribution is 2.36. The Balaban J connectivity index is 1.50. The van der Waals surface area contributed by atoms with Gasteiger partial charge in [-0.05, 0) is 59.3 Å². The molecule has 0 heterocycles. The first-order chi connectivity index (χ1) is 13.9. The largest absolute Gasteiger partial charge is 0.339 e. The Kier molecular flexibility index (Phi) is 4.94. The van der Waals surface area contributed by atoms with Crippen molar-refractivity contribution >= 4 is 34.4 Å². The molecular formula is C23H18N2O3S. The van der Waals surface area contributed by atoms with E-state index in [0.29, 0.717) is 22.4 Å². The van der Waals surface area contributed by atoms with Crippen molar-refractivity contribution in [2.75, 3.05) is 19.4 Å². The highest BCUT2D eigenvalue weighted by Gasteiger charge is 2.27. The number of rotatable bonds is 3. The van der Waals surface area contributed by atoms with E-state index in [1.165, 1.54) is 4.90 Å². The third kappa shape index (κ3) is 3.67. The van der Waals surface area contributed by atoms with Gasteiger partial charge in [0.2, 0.25) is 0 Å². The van der Waals surface area contributed by atoms with Crippen LogP contribution in [0.25, 0.3) is 11.1 Å². The molecular weight excluding hydrogens is 384 g/mol. The summed E-state index contributed by atoms with van der Waals surface area (Å²) in [5, 5.41) is 2.77. The highest BCUT2D eigenvalue weighted by atomic mass is 32.2. The molecule has 3 aromatic rings. The molecule has 0 fully saturated rings. The molecule has 0 unspecified atom stereocenters. The lowest BCUT2D eigenvalue weighted by atomic mass is 10.0. The predicted molar refractivity (Wildman–Crippen MR) is 115 cm³/mol. The fraction of sp³-hybridized carbons (Fsp3) is 0.0870. The molecule has 1 aliphatic carbocycles. The van der Waals surface area contributed by atoms with Gasteiger partial charge < -0.3 is 10.2 Å². The van der Waals surface area contributed by atoms with E-state index in [1.807, 2.05) is 24.3 Å². The van der Waals surface area contributed by atoms with Gasteiger partial charge in [-0.3, -0.25) is 14.4 Å². The highest BCUT2D eigenvalue weighted by molar-refractivity contribution is 8.13. The molecule has 0 radical (unpaired) electrons. The SMILES string of the molecule is CN(C)C(=O)Sc1ccc(NC(=O)c2ccc3c(c2)C(=O)c2ccccc2-3)cc1. The average molecular weight is 402 g/mol. The maximum Gasteiger partial charge on any atom is 0.285 e. The van der Waals surface area contributed by atoms with Crippen LogP contribution >= 0.6 is 11.8 Å². The molecule has 0 saturated carbocycles. The van der Waals surface area contributed by atoms with Crippen LogP contribution in [0.15, 0.2) is 71.6 Å². The summed E-state index contributed by atoms with van der Waals surface area (Å²) in [5.41, 5.74) is 4.01. The number of fused-ring (bicyclic) bond motifs is 3. The molecule has 0 spiro atoms. The summed E-state index contributed by atoms with van der Waals surface area (Å²) in [4.78, 5) is 39.3. The summed E-state index contributed by atoms with van der Waals surface area (Å²) in [6.07, 6.45) is 0. The Labute approximate surface area is 172 Å². The van der Waals surface area contributed by atoms with Crippen LogP contribution in [0.4, 0.5) is 10.5 Å². The zero-order valence-corrected chi connectivity index (χ0v) is 16.7. The van der Waals surface area contributed by atoms with E-state index in [-0.39, 0.29) is 16.9 Å². The maximum absolute atomic E-state index is 12.7. The number of nitrogens with zero attached hydrogens (tertiary/aromatic N) is 1. The third-order valence-electron chi connectivity index (χ3n) is 4.67. The fourth-order valence-corrected chi connectivity index (χ4v) is 3.83. The first kappa shape index (κ1) is 19.0. The van der Waals surface area contributed by atoms with Crippen LogP contribution in [0.1, 0.15) is 26.3 Å². The smallest absolute Gasteiger partial charge is 0.285 e. The van der Waals surface area contributed by atoms with E-state index >= 15 is 0 Å². The van der Waals surface area contributed by atoms with E-state index in [2.05, 4.69) is 5.32 Å². The van der Waals surface area contributed by atoms with Gasteiger partial charge >= 0.3 is 0 Å². The maximum atomic E-state index is 12.7. The van der Waals surface area contributed by atoms with Crippen molar-refractivity contribution in [3.05, 3.63) is 83.4 Å². The molecule has 29 heavy (non-hydrogen) atoms. The topological polar surface area (TPSA) is 66.5 Å². The number of benzene rings is 3. The second-order valence-electron chi connectivity index (χ2n) is 6.88. The van der Waals surface area contributed by atoms with Gasteiger partial charge in [-0.2, -0.15) is 0 Å². The first-order valence-corrected chi connectivity index (χ1v) is 9.84. The Bertz CT molecular complexity index is 1140. The molecule has 0 aromatic heterocycles. The van der Waals surface area contributed by atoms with Crippen LogP contribution < -0.4 is 5.32 Å². The van der Waals surface area contributed by atoms with Crippen molar-refractivity contribution in [2.24, 2.45) is 0 Å². The lowest BCUT2D eigenvalue weighted by Crippen LogP contribution is -2.16. The monoisotopic (exact) mass is 402 g/mol. The van der Waals surface area contributed by atoms with Gasteiger partial charge in [-0.15, -0.1) is 0 Å². The zero-order valence-electron chi connectivity index (χ0n) is 15.9. The molecule has 0 aliphatic heterocycles. The summed E-state index contributed by atoms with van der Waals surface area (Å²) in [6, 6.07) is 19.7. The van der Waals surface area contributed by atoms with Gasteiger partial charge in [0.1, 0.15) is 0 Å². The quantitative estimate of drug-likeness (QED) is 0.494. The first-order valence-electron chi connectivity index (χ1n) is 9.03. The lowest BCUT2D eigenvalue weighted by molar-refractivity contribution is 0.102. The van der Waals surface area contributed by atoms with E-state index in [0.717, 1.165) is 27.8 Å². The minimum atomic E-state index is -0.290. The number of carbonyl (C=O) groups is 3. The van der Waals surface area contributed by atoms with Crippen molar-refractivity contribution in [2.45, 2.75) is 4.90 Å². The number of hydrogen-bond acceptors (Lipinski definition) is 4. The second kappa shape index (κ2) is 7.56. The Hall–Kier alpha value is -3.38. The summed E-state index contributed by atoms with van der Waals surface area (Å²) in [6.45, 7) is 0. The summed E-state index contributed by atoms with van der Waals surface area (Å²) in [7, 11) is 3.40. The van der Waals surface area contributed by atoms with Crippen LogP contribution in [-0.2, 0) is 0 Å². The number of hydrogen-bond donors (Lipinski definition) is 1. The third-order valence-corrected chi connectivity index (χ3v) is 5.72. The van der Waals surface area contributed by atoms with Crippen molar-refractivity contribution in [1.82, 2.24) is 4.90 Å². The van der Waals surface area contributed by atoms with Gasteiger partial charge in [0.25, 0.3) is 11.1 Å². The minimum Gasteiger partial charge on any atom is -0.339 e. The lowest BCUT2D eigenvalue weighted by Gasteiger charge is -2.10. The van der Waals surface area contributed by atoms with Crippen LogP contribution in [0.5, 0.6) is 0 Å². The molecule has 1 N–H and O–H groups in total. The van der Waals surface area contributed by atoms with Crippen LogP contribution in [0, 0.1) is 0 Å². The summed E-state index contributed by atoms with van der Waals surface area (Å²) < 4.78 is 0. The Morgan fingerprint density at radius 3 is 2.17 bits per heavy atom. The molecule has 0 saturated heterocycles. The second-order valence-corrected chi connectivity index (χ2v) is 7.90. The van der Waals surface area contributed by atoms with E-state index in [4.69, 9.17) is 0 Å². The standard InChI is InChI=1S/C23H18N2O3S/c1-25(2)23(28)29-16-10-8-15(9-11-16)24-22(27)14-7-12-18-17-5-3-4-6-19(17)21(26)20(18)13-14/h3-13H,1-2H3,(H,24,27). The van der Waals surface area contributed by atoms with Gasteiger partial charge in [0, 0.05) is 41.4 Å². The molecule has 0 atom stereocenters. The predicted octanol–water partition coefficient (Wildman–Crippen LogP) is 4.92. The number of nitrogens with one attached hydrogen (secondary N) is 1. The molecule has 1 aliphatic rings. The van der Waals surface area contributed by atoms with Crippen molar-refractivity contribution in [1.29, 1.82) is 0 Å². The summed E-state index contributed by atoms with van der Waals surface area (Å²) >= 11 is 1.12. The Morgan fingerprint density at radius 2 is 1.48 bits per heavy atom. The van der Waals surface area contributed by atoms with Crippen LogP contribution in [-0.4, -0.2) is 35.9 Å². The van der Waals surface area contributed by atoms with E-state index in [1.54, 1.807) is 56.6 Å². The fourth-order valence-electron chi connectivity index (χ4n) is 3.17. The summed E-state index contributed by atoms with van der Waals surface area (Å²) in [5.74, 6) is -0.349. The Morgan fingerprint density at radius 1 is 0.828 bits per heavy atom. The van der Waals surface area contributed by atoms with Crippen molar-refractivity contribution < 1.29 is 14.4 Å². The molecule has 4 rings (SSSR count). The van der Waals surface area contributed by atoms with Crippen molar-refractivity contribution in [3.63, 3.8) is 0 Å². The number of thioether (sulfide) groups is 1. The number of amides is 2. The molecule has 5 nitrogen and oxygen atoms in total. The molecule has 144 valence electrons. The molecule has 0 bridgehead atoms. The minimum absolute atomic E-state index is 0.0582. The van der Waals surface area contributed by atoms with E-state index < -0.39 is 0 Å². The normalized spacial score (nSPS) is 11.6. The number of ketones is 1.